The Hall–Kier alpha value is -2.23. The minimum Gasteiger partial charge on any atom is -0.399 e. The Balaban J connectivity index is 1.92. The molecule has 1 fully saturated rings. The van der Waals surface area contributed by atoms with E-state index in [9.17, 15) is 12.8 Å². The second-order valence-corrected chi connectivity index (χ2v) is 10.1. The van der Waals surface area contributed by atoms with Gasteiger partial charge in [0.25, 0.3) is 10.0 Å². The van der Waals surface area contributed by atoms with Gasteiger partial charge >= 0.3 is 7.12 Å². The van der Waals surface area contributed by atoms with E-state index in [-0.39, 0.29) is 15.8 Å². The van der Waals surface area contributed by atoms with Crippen LogP contribution in [-0.2, 0) is 19.3 Å². The molecule has 152 valence electrons. The highest BCUT2D eigenvalue weighted by atomic mass is 32.2. The van der Waals surface area contributed by atoms with Crippen LogP contribution in [0.2, 0.25) is 0 Å². The van der Waals surface area contributed by atoms with E-state index in [1.807, 2.05) is 34.6 Å². The first-order valence-corrected chi connectivity index (χ1v) is 10.7. The van der Waals surface area contributed by atoms with Crippen LogP contribution in [0.15, 0.2) is 47.8 Å². The molecule has 0 N–H and O–H groups in total. The van der Waals surface area contributed by atoms with Gasteiger partial charge in [0, 0.05) is 17.0 Å². The largest absolute Gasteiger partial charge is 0.497 e. The van der Waals surface area contributed by atoms with Gasteiger partial charge in [-0.2, -0.15) is 0 Å². The second-order valence-electron chi connectivity index (χ2n) is 8.30. The molecule has 0 saturated carbocycles. The van der Waals surface area contributed by atoms with Crippen LogP contribution in [0.4, 0.5) is 4.39 Å². The Morgan fingerprint density at radius 3 is 2.21 bits per heavy atom. The Labute approximate surface area is 169 Å². The van der Waals surface area contributed by atoms with Crippen LogP contribution in [0, 0.1) is 12.7 Å². The van der Waals surface area contributed by atoms with Gasteiger partial charge in [-0.15, -0.1) is 0 Å². The molecule has 3 aromatic rings. The molecule has 4 rings (SSSR count). The lowest BCUT2D eigenvalue weighted by atomic mass is 9.79. The summed E-state index contributed by atoms with van der Waals surface area (Å²) in [6.45, 7) is 9.40. The molecule has 0 amide bonds. The molecule has 9 heteroatoms. The highest BCUT2D eigenvalue weighted by Gasteiger charge is 2.52. The third-order valence-electron chi connectivity index (χ3n) is 5.75. The number of halogens is 1. The van der Waals surface area contributed by atoms with Crippen molar-refractivity contribution in [2.45, 2.75) is 50.7 Å². The standard InChI is InChI=1S/C20H22BFN2O4S/c1-13-6-8-14(9-7-13)29(25,26)24-12-15(18-16(22)10-23-11-17(18)24)21-27-19(2,3)20(4,5)28-21/h6-12H,1-5H3. The molecule has 3 heterocycles. The summed E-state index contributed by atoms with van der Waals surface area (Å²) in [7, 11) is -4.87. The molecule has 0 unspecified atom stereocenters. The van der Waals surface area contributed by atoms with Gasteiger partial charge in [-0.25, -0.2) is 16.8 Å². The average molecular weight is 416 g/mol. The third kappa shape index (κ3) is 3.08. The van der Waals surface area contributed by atoms with E-state index in [4.69, 9.17) is 9.31 Å². The van der Waals surface area contributed by atoms with Crippen LogP contribution in [0.3, 0.4) is 0 Å². The summed E-state index contributed by atoms with van der Waals surface area (Å²) in [4.78, 5) is 3.95. The van der Waals surface area contributed by atoms with E-state index >= 15 is 0 Å². The predicted octanol–water partition coefficient (Wildman–Crippen LogP) is 3.02. The Morgan fingerprint density at radius 1 is 1.03 bits per heavy atom. The topological polar surface area (TPSA) is 70.4 Å². The van der Waals surface area contributed by atoms with Gasteiger partial charge in [-0.1, -0.05) is 17.7 Å². The van der Waals surface area contributed by atoms with Gasteiger partial charge in [-0.05, 0) is 46.8 Å². The lowest BCUT2D eigenvalue weighted by molar-refractivity contribution is 0.00578. The van der Waals surface area contributed by atoms with Gasteiger partial charge in [-0.3, -0.25) is 4.98 Å². The summed E-state index contributed by atoms with van der Waals surface area (Å²) in [6, 6.07) is 6.48. The number of aromatic nitrogens is 2. The number of fused-ring (bicyclic) bond motifs is 1. The molecule has 0 aliphatic carbocycles. The van der Waals surface area contributed by atoms with Gasteiger partial charge in [0.2, 0.25) is 0 Å². The quantitative estimate of drug-likeness (QED) is 0.614. The van der Waals surface area contributed by atoms with Crippen molar-refractivity contribution in [2.24, 2.45) is 0 Å². The molecule has 0 atom stereocenters. The molecule has 1 saturated heterocycles. The first-order chi connectivity index (χ1) is 13.4. The molecule has 0 radical (unpaired) electrons. The summed E-state index contributed by atoms with van der Waals surface area (Å²) in [6.07, 6.45) is 3.76. The molecule has 1 aliphatic rings. The van der Waals surface area contributed by atoms with Crippen LogP contribution >= 0.6 is 0 Å². The fraction of sp³-hybridized carbons (Fsp3) is 0.350. The number of pyridine rings is 1. The second kappa shape index (κ2) is 6.39. The van der Waals surface area contributed by atoms with Crippen molar-refractivity contribution in [1.82, 2.24) is 8.96 Å². The number of benzene rings is 1. The molecule has 0 spiro atoms. The number of nitrogens with zero attached hydrogens (tertiary/aromatic N) is 2. The van der Waals surface area contributed by atoms with Crippen molar-refractivity contribution in [3.8, 4) is 0 Å². The minimum absolute atomic E-state index is 0.102. The smallest absolute Gasteiger partial charge is 0.399 e. The van der Waals surface area contributed by atoms with E-state index in [1.54, 1.807) is 12.1 Å². The Morgan fingerprint density at radius 2 is 1.62 bits per heavy atom. The van der Waals surface area contributed by atoms with Crippen molar-refractivity contribution in [2.75, 3.05) is 0 Å². The molecule has 6 nitrogen and oxygen atoms in total. The molecule has 29 heavy (non-hydrogen) atoms. The van der Waals surface area contributed by atoms with E-state index in [0.717, 1.165) is 15.7 Å². The van der Waals surface area contributed by atoms with Gasteiger partial charge in [0.05, 0.1) is 34.0 Å². The van der Waals surface area contributed by atoms with E-state index < -0.39 is 34.2 Å². The fourth-order valence-corrected chi connectivity index (χ4v) is 4.67. The highest BCUT2D eigenvalue weighted by Crippen LogP contribution is 2.37. The van der Waals surface area contributed by atoms with Crippen LogP contribution in [0.5, 0.6) is 0 Å². The molecule has 1 aromatic carbocycles. The monoisotopic (exact) mass is 416 g/mol. The van der Waals surface area contributed by atoms with Crippen LogP contribution in [-0.4, -0.2) is 35.7 Å². The number of rotatable bonds is 3. The summed E-state index contributed by atoms with van der Waals surface area (Å²) >= 11 is 0. The first kappa shape index (κ1) is 20.1. The molecule has 0 bridgehead atoms. The highest BCUT2D eigenvalue weighted by molar-refractivity contribution is 7.90. The number of hydrogen-bond donors (Lipinski definition) is 0. The molecular weight excluding hydrogens is 394 g/mol. The Kier molecular flexibility index (Phi) is 4.42. The van der Waals surface area contributed by atoms with Crippen molar-refractivity contribution in [3.63, 3.8) is 0 Å². The van der Waals surface area contributed by atoms with Gasteiger partial charge in [0.1, 0.15) is 0 Å². The van der Waals surface area contributed by atoms with Crippen LogP contribution < -0.4 is 5.46 Å². The predicted molar refractivity (Wildman–Crippen MR) is 109 cm³/mol. The van der Waals surface area contributed by atoms with Gasteiger partial charge < -0.3 is 9.31 Å². The number of hydrogen-bond acceptors (Lipinski definition) is 5. The average Bonchev–Trinajstić information content (AvgIpc) is 3.12. The zero-order valence-corrected chi connectivity index (χ0v) is 17.7. The molecule has 1 aliphatic heterocycles. The lowest BCUT2D eigenvalue weighted by Gasteiger charge is -2.32. The summed E-state index contributed by atoms with van der Waals surface area (Å²) in [5.41, 5.74) is 0.0908. The van der Waals surface area contributed by atoms with Gasteiger partial charge in [0.15, 0.2) is 5.82 Å². The Bertz CT molecular complexity index is 1190. The first-order valence-electron chi connectivity index (χ1n) is 9.26. The summed E-state index contributed by atoms with van der Waals surface area (Å²) < 4.78 is 54.5. The lowest BCUT2D eigenvalue weighted by Crippen LogP contribution is -2.41. The van der Waals surface area contributed by atoms with Crippen molar-refractivity contribution in [3.05, 3.63) is 54.2 Å². The zero-order chi connectivity index (χ0) is 21.2. The third-order valence-corrected chi connectivity index (χ3v) is 7.43. The van der Waals surface area contributed by atoms with Crippen molar-refractivity contribution >= 4 is 33.5 Å². The maximum atomic E-state index is 14.8. The van der Waals surface area contributed by atoms with E-state index in [1.165, 1.54) is 24.5 Å². The zero-order valence-electron chi connectivity index (χ0n) is 16.9. The molecular formula is C20H22BFN2O4S. The summed E-state index contributed by atoms with van der Waals surface area (Å²) in [5.74, 6) is -0.634. The van der Waals surface area contributed by atoms with E-state index in [2.05, 4.69) is 4.98 Å². The van der Waals surface area contributed by atoms with E-state index in [0.29, 0.717) is 5.46 Å². The molecule has 2 aromatic heterocycles. The van der Waals surface area contributed by atoms with Crippen LogP contribution in [0.25, 0.3) is 10.9 Å². The fourth-order valence-electron chi connectivity index (χ4n) is 3.31. The minimum atomic E-state index is -3.97. The van der Waals surface area contributed by atoms with Crippen molar-refractivity contribution in [1.29, 1.82) is 0 Å². The maximum Gasteiger partial charge on any atom is 0.497 e. The maximum absolute atomic E-state index is 14.8. The summed E-state index contributed by atoms with van der Waals surface area (Å²) in [5, 5.41) is 0.120. The normalized spacial score (nSPS) is 18.5. The van der Waals surface area contributed by atoms with Crippen molar-refractivity contribution < 1.29 is 22.1 Å². The SMILES string of the molecule is Cc1ccc(S(=O)(=O)n2cc(B3OC(C)(C)C(C)(C)O3)c3c(F)cncc32)cc1. The van der Waals surface area contributed by atoms with Crippen LogP contribution in [0.1, 0.15) is 33.3 Å². The number of aryl methyl sites for hydroxylation is 1.